The van der Waals surface area contributed by atoms with Crippen LogP contribution in [-0.2, 0) is 11.3 Å². The Morgan fingerprint density at radius 2 is 2.06 bits per heavy atom. The molecule has 0 aliphatic carbocycles. The number of halogens is 2. The molecular weight excluding hydrogens is 458 g/mol. The van der Waals surface area contributed by atoms with Crippen molar-refractivity contribution in [1.82, 2.24) is 34.4 Å². The minimum atomic E-state index is -2.50. The Labute approximate surface area is 199 Å². The van der Waals surface area contributed by atoms with Crippen molar-refractivity contribution in [2.45, 2.75) is 45.7 Å². The summed E-state index contributed by atoms with van der Waals surface area (Å²) in [7, 11) is 1.54. The number of aromatic amines is 1. The molecule has 10 nitrogen and oxygen atoms in total. The van der Waals surface area contributed by atoms with Gasteiger partial charge in [0.15, 0.2) is 5.65 Å². The molecule has 0 spiro atoms. The highest BCUT2D eigenvalue weighted by molar-refractivity contribution is 5.98. The number of methoxy groups -OCH3 is 1. The summed E-state index contributed by atoms with van der Waals surface area (Å²) in [4.78, 5) is 34.4. The Morgan fingerprint density at radius 1 is 1.29 bits per heavy atom. The first-order valence-corrected chi connectivity index (χ1v) is 11.4. The monoisotopic (exact) mass is 484 g/mol. The molecule has 1 fully saturated rings. The van der Waals surface area contributed by atoms with Crippen LogP contribution in [0.2, 0.25) is 0 Å². The van der Waals surface area contributed by atoms with E-state index in [2.05, 4.69) is 30.2 Å². The van der Waals surface area contributed by atoms with Crippen LogP contribution in [0.25, 0.3) is 33.3 Å². The molecule has 4 aromatic heterocycles. The van der Waals surface area contributed by atoms with Crippen molar-refractivity contribution in [3.05, 3.63) is 24.3 Å². The number of piperidine rings is 1. The summed E-state index contributed by atoms with van der Waals surface area (Å²) in [5.41, 5.74) is 2.98. The van der Waals surface area contributed by atoms with Gasteiger partial charge < -0.3 is 24.5 Å². The third kappa shape index (κ3) is 4.35. The molecule has 1 aliphatic heterocycles. The number of hydrogen-bond acceptors (Lipinski definition) is 7. The third-order valence-electron chi connectivity index (χ3n) is 6.39. The van der Waals surface area contributed by atoms with Gasteiger partial charge in [0.2, 0.25) is 17.7 Å². The number of nitrogens with one attached hydrogen (secondary N) is 2. The van der Waals surface area contributed by atoms with Crippen molar-refractivity contribution in [2.75, 3.05) is 25.5 Å². The highest BCUT2D eigenvalue weighted by Gasteiger charge is 2.23. The van der Waals surface area contributed by atoms with E-state index in [4.69, 9.17) is 4.74 Å². The molecule has 0 bridgehead atoms. The topological polar surface area (TPSA) is 114 Å². The number of H-pyrrole nitrogens is 1. The number of imidazole rings is 1. The van der Waals surface area contributed by atoms with Crippen molar-refractivity contribution < 1.29 is 18.3 Å². The zero-order chi connectivity index (χ0) is 24.7. The van der Waals surface area contributed by atoms with Gasteiger partial charge in [-0.1, -0.05) is 0 Å². The molecule has 5 heterocycles. The van der Waals surface area contributed by atoms with Gasteiger partial charge in [-0.25, -0.2) is 18.7 Å². The van der Waals surface area contributed by atoms with E-state index < -0.39 is 13.0 Å². The van der Waals surface area contributed by atoms with E-state index in [1.54, 1.807) is 32.3 Å². The number of amides is 1. The molecule has 35 heavy (non-hydrogen) atoms. The van der Waals surface area contributed by atoms with Gasteiger partial charge >= 0.3 is 0 Å². The predicted octanol–water partition coefficient (Wildman–Crippen LogP) is 3.37. The Hall–Kier alpha value is -3.83. The van der Waals surface area contributed by atoms with Crippen molar-refractivity contribution >= 4 is 34.1 Å². The van der Waals surface area contributed by atoms with Crippen LogP contribution in [0, 0.1) is 6.92 Å². The van der Waals surface area contributed by atoms with Crippen LogP contribution < -0.4 is 10.1 Å². The van der Waals surface area contributed by atoms with Gasteiger partial charge in [0.25, 0.3) is 6.43 Å². The van der Waals surface area contributed by atoms with Gasteiger partial charge in [-0.05, 0) is 25.8 Å². The lowest BCUT2D eigenvalue weighted by atomic mass is 10.1. The predicted molar refractivity (Wildman–Crippen MR) is 127 cm³/mol. The summed E-state index contributed by atoms with van der Waals surface area (Å²) >= 11 is 0. The SMILES string of the molecule is COc1nc(NC2CCN(C(C)=O)CC2)nc2[nH]cc(-c3cnc4nc(C)n(CC(F)F)c4c3)c12. The van der Waals surface area contributed by atoms with Crippen LogP contribution in [0.15, 0.2) is 18.5 Å². The van der Waals surface area contributed by atoms with Gasteiger partial charge in [0.05, 0.1) is 24.6 Å². The first-order chi connectivity index (χ1) is 16.8. The lowest BCUT2D eigenvalue weighted by Crippen LogP contribution is -2.41. The standard InChI is InChI=1S/C23H26F2N8O2/c1-12-28-20-17(33(12)11-18(24)25)8-14(9-26-20)16-10-27-21-19(16)22(35-3)31-23(30-21)29-15-4-6-32(7-5-15)13(2)34/h8-10,15,18H,4-7,11H2,1-3H3,(H2,27,29,30,31). The Balaban J connectivity index is 1.47. The van der Waals surface area contributed by atoms with E-state index in [0.717, 1.165) is 18.4 Å². The largest absolute Gasteiger partial charge is 0.480 e. The summed E-state index contributed by atoms with van der Waals surface area (Å²) in [6, 6.07) is 1.94. The molecule has 1 saturated heterocycles. The van der Waals surface area contributed by atoms with E-state index >= 15 is 0 Å². The van der Waals surface area contributed by atoms with Crippen LogP contribution in [-0.4, -0.2) is 73.0 Å². The number of alkyl halides is 2. The fourth-order valence-electron chi connectivity index (χ4n) is 4.60. The molecule has 1 aliphatic rings. The van der Waals surface area contributed by atoms with Crippen molar-refractivity contribution in [3.8, 4) is 17.0 Å². The van der Waals surface area contributed by atoms with Crippen LogP contribution >= 0.6 is 0 Å². The highest BCUT2D eigenvalue weighted by atomic mass is 19.3. The number of rotatable bonds is 6. The molecule has 0 unspecified atom stereocenters. The summed E-state index contributed by atoms with van der Waals surface area (Å²) < 4.78 is 33.3. The number of fused-ring (bicyclic) bond motifs is 2. The molecule has 184 valence electrons. The number of nitrogens with zero attached hydrogens (tertiary/aromatic N) is 6. The number of aryl methyl sites for hydroxylation is 1. The fraction of sp³-hybridized carbons (Fsp3) is 0.435. The van der Waals surface area contributed by atoms with Crippen LogP contribution in [0.5, 0.6) is 5.88 Å². The smallest absolute Gasteiger partial charge is 0.256 e. The number of carbonyl (C=O) groups is 1. The molecular formula is C23H26F2N8O2. The van der Waals surface area contributed by atoms with E-state index in [0.29, 0.717) is 58.5 Å². The second kappa shape index (κ2) is 9.08. The number of anilines is 1. The average Bonchev–Trinajstić information content (AvgIpc) is 3.39. The molecule has 12 heteroatoms. The second-order valence-corrected chi connectivity index (χ2v) is 8.63. The van der Waals surface area contributed by atoms with Crippen LogP contribution in [0.3, 0.4) is 0 Å². The van der Waals surface area contributed by atoms with Gasteiger partial charge in [-0.15, -0.1) is 0 Å². The highest BCUT2D eigenvalue weighted by Crippen LogP contribution is 2.35. The molecule has 0 saturated carbocycles. The number of carbonyl (C=O) groups excluding carboxylic acids is 1. The van der Waals surface area contributed by atoms with Gasteiger partial charge in [0, 0.05) is 49.6 Å². The Bertz CT molecular complexity index is 1390. The normalized spacial score (nSPS) is 14.9. The number of pyridine rings is 1. The summed E-state index contributed by atoms with van der Waals surface area (Å²) in [6.45, 7) is 4.20. The first-order valence-electron chi connectivity index (χ1n) is 11.4. The van der Waals surface area contributed by atoms with E-state index in [1.165, 1.54) is 11.7 Å². The van der Waals surface area contributed by atoms with Crippen molar-refractivity contribution in [3.63, 3.8) is 0 Å². The molecule has 5 rings (SSSR count). The zero-order valence-corrected chi connectivity index (χ0v) is 19.7. The van der Waals surface area contributed by atoms with E-state index in [1.807, 2.05) is 4.90 Å². The molecule has 2 N–H and O–H groups in total. The summed E-state index contributed by atoms with van der Waals surface area (Å²) in [6.07, 6.45) is 2.53. The third-order valence-corrected chi connectivity index (χ3v) is 6.39. The number of aromatic nitrogens is 6. The molecule has 4 aromatic rings. The van der Waals surface area contributed by atoms with Crippen molar-refractivity contribution in [1.29, 1.82) is 0 Å². The van der Waals surface area contributed by atoms with Crippen molar-refractivity contribution in [2.24, 2.45) is 0 Å². The molecule has 1 amide bonds. The lowest BCUT2D eigenvalue weighted by Gasteiger charge is -2.31. The molecule has 0 aromatic carbocycles. The van der Waals surface area contributed by atoms with E-state index in [-0.39, 0.29) is 11.9 Å². The maximum atomic E-state index is 13.1. The van der Waals surface area contributed by atoms with Gasteiger partial charge in [-0.2, -0.15) is 9.97 Å². The Kier molecular flexibility index (Phi) is 5.95. The van der Waals surface area contributed by atoms with Gasteiger partial charge in [0.1, 0.15) is 11.5 Å². The first kappa shape index (κ1) is 22.9. The van der Waals surface area contributed by atoms with E-state index in [9.17, 15) is 13.6 Å². The van der Waals surface area contributed by atoms with Gasteiger partial charge in [-0.3, -0.25) is 4.79 Å². The summed E-state index contributed by atoms with van der Waals surface area (Å²) in [5.74, 6) is 1.38. The fourth-order valence-corrected chi connectivity index (χ4v) is 4.60. The zero-order valence-electron chi connectivity index (χ0n) is 19.7. The lowest BCUT2D eigenvalue weighted by molar-refractivity contribution is -0.129. The number of ether oxygens (including phenoxy) is 1. The molecule has 0 atom stereocenters. The number of hydrogen-bond donors (Lipinski definition) is 2. The van der Waals surface area contributed by atoms with Crippen LogP contribution in [0.4, 0.5) is 14.7 Å². The Morgan fingerprint density at radius 3 is 2.74 bits per heavy atom. The number of likely N-dealkylation sites (tertiary alicyclic amines) is 1. The second-order valence-electron chi connectivity index (χ2n) is 8.63. The maximum Gasteiger partial charge on any atom is 0.256 e. The minimum absolute atomic E-state index is 0.0850. The quantitative estimate of drug-likeness (QED) is 0.431. The maximum absolute atomic E-state index is 13.1. The molecule has 0 radical (unpaired) electrons. The average molecular weight is 485 g/mol. The van der Waals surface area contributed by atoms with Crippen LogP contribution in [0.1, 0.15) is 25.6 Å². The minimum Gasteiger partial charge on any atom is -0.480 e. The summed E-state index contributed by atoms with van der Waals surface area (Å²) in [5, 5.41) is 4.02.